The van der Waals surface area contributed by atoms with E-state index in [-0.39, 0.29) is 35.3 Å². The number of carboxylic acid groups (broad SMARTS) is 1. The zero-order chi connectivity index (χ0) is 33.9. The predicted octanol–water partition coefficient (Wildman–Crippen LogP) is 3.85. The van der Waals surface area contributed by atoms with Gasteiger partial charge in [0, 0.05) is 43.1 Å². The number of H-pyrrole nitrogens is 1. The standard InChI is InChI=1S/C32H45FN6O7S/c1-38(2)47(45,46)37-29(40)26-17-22-16-23(12-13-25(22)35-26)34-30(41)28-24(19-6-4-3-5-7-19)14-15-39(28)31(42)21-10-8-20(9-11-21)27(18-33)36-32(43)44/h12-13,16-17,19-21,24,27-28,35-36H,3-11,14-15,18H2,1-2H3,(H,34,41)(H,37,40)(H,43,44)/t20-,21-,24-,27+,28-/m0/s1. The molecule has 2 aromatic rings. The third-order valence-electron chi connectivity index (χ3n) is 10.3. The first-order valence-corrected chi connectivity index (χ1v) is 17.9. The quantitative estimate of drug-likeness (QED) is 0.253. The summed E-state index contributed by atoms with van der Waals surface area (Å²) in [6.07, 6.45) is 6.96. The lowest BCUT2D eigenvalue weighted by Crippen LogP contribution is -2.50. The summed E-state index contributed by atoms with van der Waals surface area (Å²) in [6.45, 7) is -0.314. The molecule has 0 radical (unpaired) electrons. The summed E-state index contributed by atoms with van der Waals surface area (Å²) in [6, 6.07) is 5.16. The fraction of sp³-hybridized carbons (Fsp3) is 0.625. The summed E-state index contributed by atoms with van der Waals surface area (Å²) < 4.78 is 40.7. The molecule has 2 saturated carbocycles. The summed E-state index contributed by atoms with van der Waals surface area (Å²) in [5.41, 5.74) is 1.11. The van der Waals surface area contributed by atoms with E-state index >= 15 is 0 Å². The minimum atomic E-state index is -3.98. The number of anilines is 1. The number of aromatic nitrogens is 1. The highest BCUT2D eigenvalue weighted by Crippen LogP contribution is 2.41. The Bertz CT molecular complexity index is 1580. The molecule has 15 heteroatoms. The van der Waals surface area contributed by atoms with Crippen LogP contribution in [0.15, 0.2) is 24.3 Å². The third kappa shape index (κ3) is 7.88. The molecule has 3 fully saturated rings. The van der Waals surface area contributed by atoms with Crippen LogP contribution in [0.25, 0.3) is 10.9 Å². The van der Waals surface area contributed by atoms with E-state index in [4.69, 9.17) is 5.11 Å². The molecule has 1 aromatic heterocycles. The lowest BCUT2D eigenvalue weighted by atomic mass is 9.76. The van der Waals surface area contributed by atoms with E-state index in [2.05, 4.69) is 15.6 Å². The molecule has 4 amide bonds. The molecule has 2 aliphatic carbocycles. The van der Waals surface area contributed by atoms with Crippen molar-refractivity contribution in [3.05, 3.63) is 30.0 Å². The first kappa shape index (κ1) is 34.6. The van der Waals surface area contributed by atoms with Crippen molar-refractivity contribution in [1.82, 2.24) is 24.2 Å². The number of likely N-dealkylation sites (tertiary alicyclic amines) is 1. The molecule has 3 atom stereocenters. The monoisotopic (exact) mass is 676 g/mol. The second-order valence-corrected chi connectivity index (χ2v) is 15.2. The van der Waals surface area contributed by atoms with E-state index in [0.717, 1.165) is 36.4 Å². The van der Waals surface area contributed by atoms with Crippen LogP contribution >= 0.6 is 0 Å². The maximum absolute atomic E-state index is 14.1. The Labute approximate surface area is 274 Å². The Kier molecular flexibility index (Phi) is 10.7. The molecule has 0 spiro atoms. The van der Waals surface area contributed by atoms with E-state index in [9.17, 15) is 32.0 Å². The van der Waals surface area contributed by atoms with Gasteiger partial charge in [-0.1, -0.05) is 32.1 Å². The number of fused-ring (bicyclic) bond motifs is 1. The van der Waals surface area contributed by atoms with E-state index in [1.807, 2.05) is 4.72 Å². The number of hydrogen-bond donors (Lipinski definition) is 5. The number of benzene rings is 1. The molecule has 1 saturated heterocycles. The number of halogens is 1. The van der Waals surface area contributed by atoms with Crippen LogP contribution in [0.5, 0.6) is 0 Å². The van der Waals surface area contributed by atoms with Crippen LogP contribution in [-0.4, -0.2) is 90.9 Å². The lowest BCUT2D eigenvalue weighted by molar-refractivity contribution is -0.142. The second kappa shape index (κ2) is 14.6. The SMILES string of the molecule is CN(C)S(=O)(=O)NC(=O)c1cc2cc(NC(=O)[C@@H]3[C@H](C4CCCCC4)CCN3C(=O)[C@H]3CC[C@H]([C@@H](CF)NC(=O)O)CC3)ccc2[nH]1. The number of amides is 4. The minimum absolute atomic E-state index is 0.0243. The van der Waals surface area contributed by atoms with Crippen LogP contribution in [0.3, 0.4) is 0 Å². The smallest absolute Gasteiger partial charge is 0.404 e. The van der Waals surface area contributed by atoms with Crippen LogP contribution in [0, 0.1) is 23.7 Å². The Morgan fingerprint density at radius 3 is 2.36 bits per heavy atom. The molecule has 258 valence electrons. The first-order valence-electron chi connectivity index (χ1n) is 16.4. The van der Waals surface area contributed by atoms with Crippen molar-refractivity contribution >= 4 is 50.6 Å². The first-order chi connectivity index (χ1) is 22.4. The number of hydrogen-bond acceptors (Lipinski definition) is 6. The third-order valence-corrected chi connectivity index (χ3v) is 11.7. The van der Waals surface area contributed by atoms with Crippen molar-refractivity contribution in [1.29, 1.82) is 0 Å². The average Bonchev–Trinajstić information content (AvgIpc) is 3.68. The zero-order valence-corrected chi connectivity index (χ0v) is 27.7. The van der Waals surface area contributed by atoms with Gasteiger partial charge in [0.2, 0.25) is 11.8 Å². The number of alkyl halides is 1. The highest BCUT2D eigenvalue weighted by molar-refractivity contribution is 7.87. The van der Waals surface area contributed by atoms with Crippen molar-refractivity contribution in [3.8, 4) is 0 Å². The maximum atomic E-state index is 14.1. The summed E-state index contributed by atoms with van der Waals surface area (Å²) >= 11 is 0. The van der Waals surface area contributed by atoms with Gasteiger partial charge in [-0.05, 0) is 74.1 Å². The number of carbonyl (C=O) groups is 4. The van der Waals surface area contributed by atoms with Crippen molar-refractivity contribution < 1.29 is 37.1 Å². The Morgan fingerprint density at radius 1 is 1.02 bits per heavy atom. The van der Waals surface area contributed by atoms with Gasteiger partial charge in [0.05, 0.1) is 6.04 Å². The van der Waals surface area contributed by atoms with Crippen LogP contribution in [0.4, 0.5) is 14.9 Å². The Morgan fingerprint density at radius 2 is 1.72 bits per heavy atom. The molecule has 1 aliphatic heterocycles. The second-order valence-electron chi connectivity index (χ2n) is 13.3. The number of carbonyl (C=O) groups excluding carboxylic acids is 3. The van der Waals surface area contributed by atoms with Crippen molar-refractivity contribution in [2.45, 2.75) is 76.3 Å². The van der Waals surface area contributed by atoms with Gasteiger partial charge in [0.25, 0.3) is 5.91 Å². The van der Waals surface area contributed by atoms with Gasteiger partial charge in [0.15, 0.2) is 0 Å². The van der Waals surface area contributed by atoms with Gasteiger partial charge >= 0.3 is 16.3 Å². The number of nitrogens with zero attached hydrogens (tertiary/aromatic N) is 2. The van der Waals surface area contributed by atoms with Gasteiger partial charge in [-0.2, -0.15) is 12.7 Å². The predicted molar refractivity (Wildman–Crippen MR) is 174 cm³/mol. The normalized spacial score (nSPS) is 24.6. The van der Waals surface area contributed by atoms with Crippen molar-refractivity contribution in [3.63, 3.8) is 0 Å². The van der Waals surface area contributed by atoms with Crippen LogP contribution in [0.1, 0.15) is 74.7 Å². The fourth-order valence-corrected chi connectivity index (χ4v) is 8.24. The molecule has 13 nitrogen and oxygen atoms in total. The maximum Gasteiger partial charge on any atom is 0.404 e. The van der Waals surface area contributed by atoms with Gasteiger partial charge in [-0.25, -0.2) is 13.9 Å². The summed E-state index contributed by atoms with van der Waals surface area (Å²) in [5.74, 6) is -1.29. The minimum Gasteiger partial charge on any atom is -0.465 e. The lowest BCUT2D eigenvalue weighted by Gasteiger charge is -2.37. The summed E-state index contributed by atoms with van der Waals surface area (Å²) in [4.78, 5) is 56.4. The zero-order valence-electron chi connectivity index (χ0n) is 26.8. The molecule has 2 heterocycles. The Hall–Kier alpha value is -3.72. The van der Waals surface area contributed by atoms with Gasteiger partial charge in [-0.3, -0.25) is 14.4 Å². The number of aromatic amines is 1. The molecule has 47 heavy (non-hydrogen) atoms. The molecule has 5 rings (SSSR count). The highest BCUT2D eigenvalue weighted by Gasteiger charge is 2.47. The van der Waals surface area contributed by atoms with E-state index in [0.29, 0.717) is 54.7 Å². The number of rotatable bonds is 10. The molecular weight excluding hydrogens is 631 g/mol. The van der Waals surface area contributed by atoms with Crippen molar-refractivity contribution in [2.24, 2.45) is 23.7 Å². The topological polar surface area (TPSA) is 181 Å². The Balaban J connectivity index is 1.31. The molecule has 0 bridgehead atoms. The van der Waals surface area contributed by atoms with Crippen LogP contribution < -0.4 is 15.4 Å². The summed E-state index contributed by atoms with van der Waals surface area (Å²) in [7, 11) is -1.36. The van der Waals surface area contributed by atoms with Gasteiger partial charge in [0.1, 0.15) is 18.4 Å². The molecular formula is C32H45FN6O7S. The van der Waals surface area contributed by atoms with Crippen LogP contribution in [-0.2, 0) is 19.8 Å². The largest absolute Gasteiger partial charge is 0.465 e. The molecule has 1 aromatic carbocycles. The number of nitrogens with one attached hydrogen (secondary N) is 4. The van der Waals surface area contributed by atoms with E-state index < -0.39 is 41.0 Å². The van der Waals surface area contributed by atoms with E-state index in [1.165, 1.54) is 26.6 Å². The van der Waals surface area contributed by atoms with Crippen molar-refractivity contribution in [2.75, 3.05) is 32.6 Å². The fourth-order valence-electron chi connectivity index (χ4n) is 7.71. The summed E-state index contributed by atoms with van der Waals surface area (Å²) in [5, 5.41) is 14.9. The average molecular weight is 677 g/mol. The van der Waals surface area contributed by atoms with Crippen LogP contribution in [0.2, 0.25) is 0 Å². The molecule has 0 unspecified atom stereocenters. The van der Waals surface area contributed by atoms with Gasteiger partial charge in [-0.15, -0.1) is 0 Å². The van der Waals surface area contributed by atoms with E-state index in [1.54, 1.807) is 23.1 Å². The van der Waals surface area contributed by atoms with Gasteiger partial charge < -0.3 is 25.6 Å². The highest BCUT2D eigenvalue weighted by atomic mass is 32.2. The molecule has 5 N–H and O–H groups in total. The molecule has 3 aliphatic rings.